The van der Waals surface area contributed by atoms with Crippen LogP contribution in [0.25, 0.3) is 0 Å². The topological polar surface area (TPSA) is 93.7 Å². The van der Waals surface area contributed by atoms with E-state index in [0.29, 0.717) is 24.1 Å². The number of sulfonamides is 1. The molecule has 2 aromatic carbocycles. The van der Waals surface area contributed by atoms with E-state index in [9.17, 15) is 13.2 Å². The third-order valence-corrected chi connectivity index (χ3v) is 7.52. The fraction of sp³-hybridized carbons (Fsp3) is 0.458. The minimum Gasteiger partial charge on any atom is -0.495 e. The van der Waals surface area contributed by atoms with Crippen LogP contribution in [0.15, 0.2) is 47.4 Å². The lowest BCUT2D eigenvalue weighted by molar-refractivity contribution is -0.00294. The Labute approximate surface area is 200 Å². The first-order chi connectivity index (χ1) is 15.8. The van der Waals surface area contributed by atoms with Gasteiger partial charge in [0, 0.05) is 23.7 Å². The van der Waals surface area contributed by atoms with E-state index in [4.69, 9.17) is 21.1 Å². The molecular weight excluding hydrogens is 464 g/mol. The highest BCUT2D eigenvalue weighted by atomic mass is 35.5. The van der Waals surface area contributed by atoms with Crippen LogP contribution in [0.5, 0.6) is 5.75 Å². The fourth-order valence-electron chi connectivity index (χ4n) is 3.89. The van der Waals surface area contributed by atoms with Crippen LogP contribution in [0.4, 0.5) is 0 Å². The van der Waals surface area contributed by atoms with Gasteiger partial charge in [-0.05, 0) is 54.7 Å². The molecule has 1 aliphatic carbocycles. The highest BCUT2D eigenvalue weighted by Crippen LogP contribution is 2.27. The van der Waals surface area contributed by atoms with Crippen molar-refractivity contribution in [2.75, 3.05) is 20.3 Å². The number of carbonyl (C=O) groups is 1. The average Bonchev–Trinajstić information content (AvgIpc) is 2.82. The smallest absolute Gasteiger partial charge is 0.251 e. The Balaban J connectivity index is 1.61. The summed E-state index contributed by atoms with van der Waals surface area (Å²) in [4.78, 5) is 12.5. The predicted octanol–water partition coefficient (Wildman–Crippen LogP) is 4.15. The summed E-state index contributed by atoms with van der Waals surface area (Å²) in [6, 6.07) is 11.2. The Morgan fingerprint density at radius 2 is 1.85 bits per heavy atom. The number of ether oxygens (including phenoxy) is 2. The normalized spacial score (nSPS) is 18.6. The van der Waals surface area contributed by atoms with Crippen molar-refractivity contribution >= 4 is 27.5 Å². The van der Waals surface area contributed by atoms with Crippen molar-refractivity contribution in [3.8, 4) is 5.75 Å². The second kappa shape index (κ2) is 11.8. The van der Waals surface area contributed by atoms with E-state index >= 15 is 0 Å². The van der Waals surface area contributed by atoms with E-state index in [2.05, 4.69) is 17.0 Å². The molecular formula is C24H31ClN2O5S. The standard InChI is InChI=1S/C24H31ClN2O5S/c1-17-5-3-4-6-21(17)32-14-13-26-24(28)19-9-12-22(31-2)23(15-19)33(29,30)27-16-18-7-10-20(25)11-8-18/h7-12,15,17,21,27H,3-6,13-14,16H2,1-2H3,(H,26,28). The second-order valence-corrected chi connectivity index (χ2v) is 10.4. The first kappa shape index (κ1) is 25.5. The molecule has 1 saturated carbocycles. The monoisotopic (exact) mass is 494 g/mol. The summed E-state index contributed by atoms with van der Waals surface area (Å²) in [5, 5.41) is 3.37. The van der Waals surface area contributed by atoms with Gasteiger partial charge in [-0.15, -0.1) is 0 Å². The average molecular weight is 495 g/mol. The van der Waals surface area contributed by atoms with Crippen LogP contribution in [0, 0.1) is 5.92 Å². The zero-order valence-corrected chi connectivity index (χ0v) is 20.5. The number of hydrogen-bond acceptors (Lipinski definition) is 5. The number of halogens is 1. The van der Waals surface area contributed by atoms with E-state index in [-0.39, 0.29) is 34.8 Å². The highest BCUT2D eigenvalue weighted by molar-refractivity contribution is 7.89. The lowest BCUT2D eigenvalue weighted by Crippen LogP contribution is -2.32. The van der Waals surface area contributed by atoms with Gasteiger partial charge in [0.05, 0.1) is 19.8 Å². The number of hydrogen-bond donors (Lipinski definition) is 2. The van der Waals surface area contributed by atoms with Gasteiger partial charge >= 0.3 is 0 Å². The third-order valence-electron chi connectivity index (χ3n) is 5.85. The van der Waals surface area contributed by atoms with Crippen LogP contribution in [-0.4, -0.2) is 40.7 Å². The summed E-state index contributed by atoms with van der Waals surface area (Å²) in [5.74, 6) is 0.320. The molecule has 0 aliphatic heterocycles. The molecule has 2 atom stereocenters. The van der Waals surface area contributed by atoms with Crippen molar-refractivity contribution in [3.05, 3.63) is 58.6 Å². The summed E-state index contributed by atoms with van der Waals surface area (Å²) in [6.07, 6.45) is 4.88. The van der Waals surface area contributed by atoms with Crippen LogP contribution in [0.2, 0.25) is 5.02 Å². The summed E-state index contributed by atoms with van der Waals surface area (Å²) in [6.45, 7) is 3.05. The van der Waals surface area contributed by atoms with Crippen LogP contribution in [-0.2, 0) is 21.3 Å². The number of amides is 1. The molecule has 0 saturated heterocycles. The van der Waals surface area contributed by atoms with E-state index in [1.807, 2.05) is 0 Å². The molecule has 2 unspecified atom stereocenters. The van der Waals surface area contributed by atoms with E-state index < -0.39 is 10.0 Å². The van der Waals surface area contributed by atoms with Crippen molar-refractivity contribution in [2.45, 2.75) is 50.2 Å². The second-order valence-electron chi connectivity index (χ2n) is 8.24. The summed E-state index contributed by atoms with van der Waals surface area (Å²) >= 11 is 5.87. The Morgan fingerprint density at radius 1 is 1.12 bits per heavy atom. The van der Waals surface area contributed by atoms with Gasteiger partial charge in [0.25, 0.3) is 5.91 Å². The minimum absolute atomic E-state index is 0.0794. The molecule has 0 bridgehead atoms. The van der Waals surface area contributed by atoms with Gasteiger partial charge in [-0.3, -0.25) is 4.79 Å². The Morgan fingerprint density at radius 3 is 2.55 bits per heavy atom. The first-order valence-corrected chi connectivity index (χ1v) is 13.0. The molecule has 1 amide bonds. The molecule has 180 valence electrons. The van der Waals surface area contributed by atoms with E-state index in [1.54, 1.807) is 24.3 Å². The zero-order valence-electron chi connectivity index (χ0n) is 19.0. The molecule has 1 fully saturated rings. The van der Waals surface area contributed by atoms with Gasteiger partial charge in [0.1, 0.15) is 10.6 Å². The van der Waals surface area contributed by atoms with Crippen molar-refractivity contribution in [1.82, 2.24) is 10.0 Å². The lowest BCUT2D eigenvalue weighted by atomic mass is 9.88. The molecule has 2 aromatic rings. The molecule has 9 heteroatoms. The maximum Gasteiger partial charge on any atom is 0.251 e. The van der Waals surface area contributed by atoms with E-state index in [1.165, 1.54) is 44.6 Å². The van der Waals surface area contributed by atoms with Crippen LogP contribution in [0.3, 0.4) is 0 Å². The fourth-order valence-corrected chi connectivity index (χ4v) is 5.23. The van der Waals surface area contributed by atoms with Gasteiger partial charge in [-0.2, -0.15) is 0 Å². The molecule has 0 radical (unpaired) electrons. The van der Waals surface area contributed by atoms with Gasteiger partial charge in [0.2, 0.25) is 10.0 Å². The molecule has 0 heterocycles. The molecule has 7 nitrogen and oxygen atoms in total. The summed E-state index contributed by atoms with van der Waals surface area (Å²) < 4.78 is 39.5. The minimum atomic E-state index is -3.93. The van der Waals surface area contributed by atoms with Crippen molar-refractivity contribution < 1.29 is 22.7 Å². The quantitative estimate of drug-likeness (QED) is 0.484. The van der Waals surface area contributed by atoms with Crippen molar-refractivity contribution in [2.24, 2.45) is 5.92 Å². The van der Waals surface area contributed by atoms with Crippen LogP contribution < -0.4 is 14.8 Å². The third kappa shape index (κ3) is 7.17. The number of rotatable bonds is 10. The maximum atomic E-state index is 12.9. The predicted molar refractivity (Wildman–Crippen MR) is 128 cm³/mol. The van der Waals surface area contributed by atoms with Gasteiger partial charge in [0.15, 0.2) is 0 Å². The number of methoxy groups -OCH3 is 1. The summed E-state index contributed by atoms with van der Waals surface area (Å²) in [7, 11) is -2.54. The van der Waals surface area contributed by atoms with Gasteiger partial charge in [-0.1, -0.05) is 43.5 Å². The maximum absolute atomic E-state index is 12.9. The molecule has 0 spiro atoms. The number of benzene rings is 2. The first-order valence-electron chi connectivity index (χ1n) is 11.1. The molecule has 2 N–H and O–H groups in total. The molecule has 3 rings (SSSR count). The largest absolute Gasteiger partial charge is 0.495 e. The van der Waals surface area contributed by atoms with Crippen molar-refractivity contribution in [3.63, 3.8) is 0 Å². The Kier molecular flexibility index (Phi) is 9.14. The van der Waals surface area contributed by atoms with Crippen LogP contribution >= 0.6 is 11.6 Å². The van der Waals surface area contributed by atoms with E-state index in [0.717, 1.165) is 12.0 Å². The molecule has 0 aromatic heterocycles. The lowest BCUT2D eigenvalue weighted by Gasteiger charge is -2.28. The van der Waals surface area contributed by atoms with Gasteiger partial charge < -0.3 is 14.8 Å². The Bertz CT molecular complexity index is 1040. The number of carbonyl (C=O) groups excluding carboxylic acids is 1. The number of nitrogens with one attached hydrogen (secondary N) is 2. The SMILES string of the molecule is COc1ccc(C(=O)NCCOC2CCCCC2C)cc1S(=O)(=O)NCc1ccc(Cl)cc1. The molecule has 1 aliphatic rings. The zero-order chi connectivity index (χ0) is 23.8. The summed E-state index contributed by atoms with van der Waals surface area (Å²) in [5.41, 5.74) is 0.983. The van der Waals surface area contributed by atoms with Crippen LogP contribution in [0.1, 0.15) is 48.5 Å². The molecule has 33 heavy (non-hydrogen) atoms. The van der Waals surface area contributed by atoms with Crippen molar-refractivity contribution in [1.29, 1.82) is 0 Å². The highest BCUT2D eigenvalue weighted by Gasteiger charge is 2.23. The van der Waals surface area contributed by atoms with Gasteiger partial charge in [-0.25, -0.2) is 13.1 Å². The Hall–Kier alpha value is -2.13.